The van der Waals surface area contributed by atoms with Crippen molar-refractivity contribution in [3.8, 4) is 0 Å². The Bertz CT molecular complexity index is 739. The van der Waals surface area contributed by atoms with Gasteiger partial charge in [-0.05, 0) is 63.8 Å². The maximum atomic E-state index is 12.9. The molecule has 3 rings (SSSR count). The second kappa shape index (κ2) is 8.69. The molecule has 1 aromatic heterocycles. The molecule has 142 valence electrons. The molecule has 1 aliphatic rings. The number of hydrogen-bond acceptors (Lipinski definition) is 3. The Kier molecular flexibility index (Phi) is 6.84. The van der Waals surface area contributed by atoms with Crippen LogP contribution in [0.15, 0.2) is 30.3 Å². The molecule has 2 N–H and O–H groups in total. The summed E-state index contributed by atoms with van der Waals surface area (Å²) in [4.78, 5) is 14.9. The first-order valence-electron chi connectivity index (χ1n) is 9.12. The van der Waals surface area contributed by atoms with Crippen LogP contribution < -0.4 is 5.73 Å². The number of amides is 1. The fourth-order valence-electron chi connectivity index (χ4n) is 3.68. The van der Waals surface area contributed by atoms with Crippen LogP contribution >= 0.6 is 12.4 Å². The molecule has 1 fully saturated rings. The fraction of sp³-hybridized carbons (Fsp3) is 0.500. The zero-order valence-electron chi connectivity index (χ0n) is 15.8. The molecule has 26 heavy (non-hydrogen) atoms. The van der Waals surface area contributed by atoms with Gasteiger partial charge in [-0.25, -0.2) is 0 Å². The molecule has 5 nitrogen and oxygen atoms in total. The van der Waals surface area contributed by atoms with Gasteiger partial charge >= 0.3 is 0 Å². The Morgan fingerprint density at radius 3 is 2.54 bits per heavy atom. The van der Waals surface area contributed by atoms with Crippen molar-refractivity contribution in [3.05, 3.63) is 52.8 Å². The van der Waals surface area contributed by atoms with E-state index in [-0.39, 0.29) is 30.4 Å². The zero-order chi connectivity index (χ0) is 18.0. The lowest BCUT2D eigenvalue weighted by molar-refractivity contribution is 0.0584. The van der Waals surface area contributed by atoms with Gasteiger partial charge in [-0.15, -0.1) is 12.4 Å². The molecule has 6 heteroatoms. The molecule has 0 bridgehead atoms. The minimum Gasteiger partial charge on any atom is -0.334 e. The summed E-state index contributed by atoms with van der Waals surface area (Å²) in [6.07, 6.45) is 3.21. The lowest BCUT2D eigenvalue weighted by Crippen LogP contribution is -2.51. The topological polar surface area (TPSA) is 64.2 Å². The number of nitrogens with two attached hydrogens (primary N) is 1. The number of aryl methyl sites for hydroxylation is 2. The van der Waals surface area contributed by atoms with Crippen molar-refractivity contribution in [2.75, 3.05) is 6.54 Å². The van der Waals surface area contributed by atoms with Gasteiger partial charge in [0, 0.05) is 29.9 Å². The molecular weight excluding hydrogens is 348 g/mol. The number of nitrogens with zero attached hydrogens (tertiary/aromatic N) is 3. The summed E-state index contributed by atoms with van der Waals surface area (Å²) in [6.45, 7) is 7.58. The number of likely N-dealkylation sites (tertiary alicyclic amines) is 1. The summed E-state index contributed by atoms with van der Waals surface area (Å²) in [7, 11) is 0. The van der Waals surface area contributed by atoms with E-state index in [2.05, 4.69) is 18.1 Å². The third kappa shape index (κ3) is 4.46. The van der Waals surface area contributed by atoms with Crippen LogP contribution in [0.2, 0.25) is 0 Å². The minimum atomic E-state index is 0. The van der Waals surface area contributed by atoms with Gasteiger partial charge in [0.2, 0.25) is 0 Å². The van der Waals surface area contributed by atoms with E-state index < -0.39 is 0 Å². The second-order valence-electron chi connectivity index (χ2n) is 7.20. The van der Waals surface area contributed by atoms with Crippen LogP contribution in [0.3, 0.4) is 0 Å². The highest BCUT2D eigenvalue weighted by Crippen LogP contribution is 2.22. The molecule has 2 unspecified atom stereocenters. The van der Waals surface area contributed by atoms with Crippen molar-refractivity contribution >= 4 is 18.3 Å². The van der Waals surface area contributed by atoms with E-state index in [1.165, 1.54) is 0 Å². The van der Waals surface area contributed by atoms with Gasteiger partial charge in [0.15, 0.2) is 0 Å². The van der Waals surface area contributed by atoms with Crippen LogP contribution in [0, 0.1) is 13.8 Å². The average molecular weight is 377 g/mol. The Hall–Kier alpha value is -1.85. The molecule has 1 saturated heterocycles. The molecule has 2 heterocycles. The van der Waals surface area contributed by atoms with Crippen molar-refractivity contribution in [1.82, 2.24) is 14.7 Å². The first-order chi connectivity index (χ1) is 12.0. The summed E-state index contributed by atoms with van der Waals surface area (Å²) in [6, 6.07) is 10.1. The van der Waals surface area contributed by atoms with E-state index in [4.69, 9.17) is 5.73 Å². The number of aromatic nitrogens is 2. The molecule has 0 saturated carbocycles. The highest BCUT2D eigenvalue weighted by Gasteiger charge is 2.29. The maximum absolute atomic E-state index is 12.9. The molecule has 0 aliphatic carbocycles. The number of rotatable bonds is 4. The first-order valence-corrected chi connectivity index (χ1v) is 9.12. The quantitative estimate of drug-likeness (QED) is 0.890. The summed E-state index contributed by atoms with van der Waals surface area (Å²) < 4.78 is 1.99. The summed E-state index contributed by atoms with van der Waals surface area (Å²) in [5, 5.41) is 4.49. The normalized spacial score (nSPS) is 18.3. The Balaban J connectivity index is 0.00000243. The number of carbonyl (C=O) groups excluding carboxylic acids is 1. The van der Waals surface area contributed by atoms with Crippen molar-refractivity contribution < 1.29 is 4.79 Å². The van der Waals surface area contributed by atoms with Gasteiger partial charge in [0.1, 0.15) is 0 Å². The molecule has 1 amide bonds. The highest BCUT2D eigenvalue weighted by molar-refractivity contribution is 5.94. The number of carbonyl (C=O) groups is 1. The third-order valence-corrected chi connectivity index (χ3v) is 5.05. The number of benzene rings is 1. The Labute approximate surface area is 162 Å². The van der Waals surface area contributed by atoms with Crippen LogP contribution in [0.4, 0.5) is 0 Å². The second-order valence-corrected chi connectivity index (χ2v) is 7.20. The summed E-state index contributed by atoms with van der Waals surface area (Å²) in [5.41, 5.74) is 10.1. The van der Waals surface area contributed by atoms with Crippen molar-refractivity contribution in [3.63, 3.8) is 0 Å². The molecule has 2 aromatic rings. The standard InChI is InChI=1S/C20H28N4O.ClH/c1-14-12-15(2)24(22-14)13-17-7-9-18(10-8-17)20(25)23-11-5-4-6-19(23)16(3)21;/h7-10,12,16,19H,4-6,11,13,21H2,1-3H3;1H. The molecular formula is C20H29ClN4O. The van der Waals surface area contributed by atoms with E-state index >= 15 is 0 Å². The first kappa shape index (κ1) is 20.5. The van der Waals surface area contributed by atoms with E-state index in [1.54, 1.807) is 0 Å². The highest BCUT2D eigenvalue weighted by atomic mass is 35.5. The molecule has 1 aromatic carbocycles. The lowest BCUT2D eigenvalue weighted by atomic mass is 9.96. The van der Waals surface area contributed by atoms with E-state index in [0.717, 1.165) is 54.9 Å². The number of hydrogen-bond donors (Lipinski definition) is 1. The van der Waals surface area contributed by atoms with Gasteiger partial charge in [-0.1, -0.05) is 12.1 Å². The Morgan fingerprint density at radius 2 is 1.96 bits per heavy atom. The van der Waals surface area contributed by atoms with Gasteiger partial charge in [0.05, 0.1) is 12.2 Å². The van der Waals surface area contributed by atoms with Gasteiger partial charge in [0.25, 0.3) is 5.91 Å². The van der Waals surface area contributed by atoms with Crippen LogP contribution in [-0.2, 0) is 6.54 Å². The molecule has 1 aliphatic heterocycles. The predicted octanol–water partition coefficient (Wildman–Crippen LogP) is 3.31. The maximum Gasteiger partial charge on any atom is 0.254 e. The molecule has 0 radical (unpaired) electrons. The lowest BCUT2D eigenvalue weighted by Gasteiger charge is -2.38. The number of halogens is 1. The summed E-state index contributed by atoms with van der Waals surface area (Å²) in [5.74, 6) is 0.0969. The van der Waals surface area contributed by atoms with E-state index in [1.807, 2.05) is 47.7 Å². The van der Waals surface area contributed by atoms with E-state index in [0.29, 0.717) is 0 Å². The van der Waals surface area contributed by atoms with Gasteiger partial charge in [-0.3, -0.25) is 9.48 Å². The fourth-order valence-corrected chi connectivity index (χ4v) is 3.68. The largest absolute Gasteiger partial charge is 0.334 e. The van der Waals surface area contributed by atoms with Crippen LogP contribution in [0.25, 0.3) is 0 Å². The third-order valence-electron chi connectivity index (χ3n) is 5.05. The Morgan fingerprint density at radius 1 is 1.27 bits per heavy atom. The summed E-state index contributed by atoms with van der Waals surface area (Å²) >= 11 is 0. The predicted molar refractivity (Wildman–Crippen MR) is 107 cm³/mol. The monoisotopic (exact) mass is 376 g/mol. The van der Waals surface area contributed by atoms with Crippen LogP contribution in [0.5, 0.6) is 0 Å². The smallest absolute Gasteiger partial charge is 0.254 e. The molecule has 0 spiro atoms. The van der Waals surface area contributed by atoms with Crippen molar-refractivity contribution in [1.29, 1.82) is 0 Å². The molecule has 2 atom stereocenters. The van der Waals surface area contributed by atoms with Crippen LogP contribution in [-0.4, -0.2) is 39.2 Å². The van der Waals surface area contributed by atoms with Gasteiger partial charge < -0.3 is 10.6 Å². The van der Waals surface area contributed by atoms with Gasteiger partial charge in [-0.2, -0.15) is 5.10 Å². The number of piperidine rings is 1. The average Bonchev–Trinajstić information content (AvgIpc) is 2.92. The van der Waals surface area contributed by atoms with E-state index in [9.17, 15) is 4.79 Å². The van der Waals surface area contributed by atoms with Crippen molar-refractivity contribution in [2.24, 2.45) is 5.73 Å². The van der Waals surface area contributed by atoms with Crippen molar-refractivity contribution in [2.45, 2.75) is 58.7 Å². The van der Waals surface area contributed by atoms with Crippen LogP contribution in [0.1, 0.15) is 53.5 Å². The zero-order valence-corrected chi connectivity index (χ0v) is 16.6. The SMILES string of the molecule is Cc1cc(C)n(Cc2ccc(C(=O)N3CCCCC3C(C)N)cc2)n1.Cl. The minimum absolute atomic E-state index is 0.